The molecule has 1 aliphatic heterocycles. The second-order valence-corrected chi connectivity index (χ2v) is 7.14. The first-order valence-corrected chi connectivity index (χ1v) is 9.78. The number of aryl methyl sites for hydroxylation is 1. The van der Waals surface area contributed by atoms with Gasteiger partial charge in [-0.1, -0.05) is 18.2 Å². The van der Waals surface area contributed by atoms with Gasteiger partial charge in [0.25, 0.3) is 0 Å². The number of nitrogens with zero attached hydrogens (tertiary/aromatic N) is 2. The summed E-state index contributed by atoms with van der Waals surface area (Å²) in [6.45, 7) is 0.326. The van der Waals surface area contributed by atoms with E-state index < -0.39 is 24.1 Å². The Morgan fingerprint density at radius 2 is 2.07 bits per heavy atom. The van der Waals surface area contributed by atoms with Gasteiger partial charge in [0.1, 0.15) is 23.8 Å². The van der Waals surface area contributed by atoms with Crippen molar-refractivity contribution >= 4 is 11.1 Å². The molecule has 2 aromatic heterocycles. The van der Waals surface area contributed by atoms with E-state index in [9.17, 15) is 15.0 Å². The van der Waals surface area contributed by atoms with Gasteiger partial charge in [-0.05, 0) is 31.0 Å². The fourth-order valence-electron chi connectivity index (χ4n) is 3.47. The van der Waals surface area contributed by atoms with Crippen LogP contribution in [0.5, 0.6) is 5.75 Å². The molecule has 0 amide bonds. The molecular weight excluding hydrogens is 376 g/mol. The molecule has 3 aromatic rings. The molecule has 3 atom stereocenters. The molecule has 1 saturated heterocycles. The van der Waals surface area contributed by atoms with Gasteiger partial charge in [-0.25, -0.2) is 4.79 Å². The summed E-state index contributed by atoms with van der Waals surface area (Å²) in [6.07, 6.45) is 2.17. The van der Waals surface area contributed by atoms with Gasteiger partial charge < -0.3 is 24.1 Å². The molecule has 0 spiro atoms. The van der Waals surface area contributed by atoms with Crippen LogP contribution < -0.4 is 10.4 Å². The van der Waals surface area contributed by atoms with Gasteiger partial charge in [-0.3, -0.25) is 4.57 Å². The highest BCUT2D eigenvalue weighted by atomic mass is 16.5. The van der Waals surface area contributed by atoms with Crippen LogP contribution >= 0.6 is 0 Å². The van der Waals surface area contributed by atoms with Crippen LogP contribution in [0.1, 0.15) is 31.3 Å². The van der Waals surface area contributed by atoms with Crippen LogP contribution in [0.3, 0.4) is 0 Å². The van der Waals surface area contributed by atoms with Crippen LogP contribution in [0.4, 0.5) is 0 Å². The summed E-state index contributed by atoms with van der Waals surface area (Å²) < 4.78 is 18.3. The molecule has 2 N–H and O–H groups in total. The fourth-order valence-corrected chi connectivity index (χ4v) is 3.47. The molecule has 1 aromatic carbocycles. The smallest absolute Gasteiger partial charge is 0.353 e. The Hall–Kier alpha value is -2.68. The zero-order valence-electron chi connectivity index (χ0n) is 15.9. The van der Waals surface area contributed by atoms with Crippen LogP contribution in [0.25, 0.3) is 11.1 Å². The molecular formula is C21H24N2O6. The standard InChI is InChI=1S/C21H24N2O6/c24-13-18-17(25)11-19(29-18)23-12-14-10-16(28-20(14)22-21(23)26)8-4-5-9-27-15-6-2-1-3-7-15/h1-3,6-7,10,12,17-19,24-25H,4-5,8-9,11,13H2. The van der Waals surface area contributed by atoms with E-state index >= 15 is 0 Å². The monoisotopic (exact) mass is 400 g/mol. The lowest BCUT2D eigenvalue weighted by Crippen LogP contribution is -2.27. The van der Waals surface area contributed by atoms with Crippen molar-refractivity contribution < 1.29 is 24.1 Å². The third-order valence-corrected chi connectivity index (χ3v) is 5.01. The summed E-state index contributed by atoms with van der Waals surface area (Å²) in [7, 11) is 0. The van der Waals surface area contributed by atoms with E-state index in [1.54, 1.807) is 6.20 Å². The number of unbranched alkanes of at least 4 members (excludes halogenated alkanes) is 1. The SMILES string of the molecule is O=c1nc2oc(CCCCOc3ccccc3)cc2cn1C1CC(O)C(CO)O1. The maximum absolute atomic E-state index is 12.3. The maximum atomic E-state index is 12.3. The molecule has 8 nitrogen and oxygen atoms in total. The van der Waals surface area contributed by atoms with Crippen molar-refractivity contribution in [1.29, 1.82) is 0 Å². The van der Waals surface area contributed by atoms with E-state index in [1.165, 1.54) is 4.57 Å². The van der Waals surface area contributed by atoms with Crippen molar-refractivity contribution in [3.05, 3.63) is 58.8 Å². The molecule has 154 valence electrons. The molecule has 4 rings (SSSR count). The summed E-state index contributed by atoms with van der Waals surface area (Å²) in [4.78, 5) is 16.3. The molecule has 1 aliphatic rings. The van der Waals surface area contributed by atoms with Crippen molar-refractivity contribution in [2.45, 2.75) is 44.1 Å². The topological polar surface area (TPSA) is 107 Å². The number of aliphatic hydroxyl groups is 2. The molecule has 0 aliphatic carbocycles. The van der Waals surface area contributed by atoms with Crippen LogP contribution in [0.15, 0.2) is 51.8 Å². The summed E-state index contributed by atoms with van der Waals surface area (Å²) in [6, 6.07) is 11.5. The third kappa shape index (κ3) is 4.50. The highest BCUT2D eigenvalue weighted by Gasteiger charge is 2.35. The summed E-state index contributed by atoms with van der Waals surface area (Å²) >= 11 is 0. The highest BCUT2D eigenvalue weighted by molar-refractivity contribution is 5.72. The van der Waals surface area contributed by atoms with Crippen molar-refractivity contribution in [3.63, 3.8) is 0 Å². The van der Waals surface area contributed by atoms with Gasteiger partial charge >= 0.3 is 5.69 Å². The van der Waals surface area contributed by atoms with Gasteiger partial charge in [0.2, 0.25) is 5.71 Å². The van der Waals surface area contributed by atoms with E-state index in [1.807, 2.05) is 36.4 Å². The second kappa shape index (κ2) is 8.77. The van der Waals surface area contributed by atoms with E-state index in [-0.39, 0.29) is 13.0 Å². The summed E-state index contributed by atoms with van der Waals surface area (Å²) in [5, 5.41) is 19.8. The number of furan rings is 1. The number of aliphatic hydroxyl groups excluding tert-OH is 2. The molecule has 0 saturated carbocycles. The lowest BCUT2D eigenvalue weighted by molar-refractivity contribution is -0.0457. The van der Waals surface area contributed by atoms with Gasteiger partial charge in [-0.2, -0.15) is 4.98 Å². The normalized spacial score (nSPS) is 21.7. The number of hydrogen-bond acceptors (Lipinski definition) is 7. The Balaban J connectivity index is 1.36. The lowest BCUT2D eigenvalue weighted by Gasteiger charge is -2.13. The highest BCUT2D eigenvalue weighted by Crippen LogP contribution is 2.28. The molecule has 8 heteroatoms. The molecule has 1 fully saturated rings. The molecule has 0 bridgehead atoms. The number of ether oxygens (including phenoxy) is 2. The minimum absolute atomic E-state index is 0.227. The van der Waals surface area contributed by atoms with Crippen LogP contribution in [-0.2, 0) is 11.2 Å². The number of rotatable bonds is 8. The summed E-state index contributed by atoms with van der Waals surface area (Å²) in [5.74, 6) is 1.61. The Morgan fingerprint density at radius 3 is 2.83 bits per heavy atom. The zero-order valence-corrected chi connectivity index (χ0v) is 15.9. The molecule has 3 unspecified atom stereocenters. The minimum Gasteiger partial charge on any atom is -0.494 e. The number of fused-ring (bicyclic) bond motifs is 1. The van der Waals surface area contributed by atoms with Crippen molar-refractivity contribution in [1.82, 2.24) is 9.55 Å². The zero-order chi connectivity index (χ0) is 20.2. The summed E-state index contributed by atoms with van der Waals surface area (Å²) in [5.41, 5.74) is -0.218. The van der Waals surface area contributed by atoms with E-state index in [2.05, 4.69) is 4.98 Å². The number of benzene rings is 1. The third-order valence-electron chi connectivity index (χ3n) is 5.01. The van der Waals surface area contributed by atoms with Gasteiger partial charge in [0, 0.05) is 19.0 Å². The predicted octanol–water partition coefficient (Wildman–Crippen LogP) is 2.03. The van der Waals surface area contributed by atoms with Gasteiger partial charge in [0.05, 0.1) is 24.7 Å². The largest absolute Gasteiger partial charge is 0.494 e. The van der Waals surface area contributed by atoms with Crippen LogP contribution in [0.2, 0.25) is 0 Å². The number of para-hydroxylation sites is 1. The molecule has 0 radical (unpaired) electrons. The average Bonchev–Trinajstić information content (AvgIpc) is 3.29. The van der Waals surface area contributed by atoms with Crippen molar-refractivity contribution in [2.24, 2.45) is 0 Å². The van der Waals surface area contributed by atoms with Crippen molar-refractivity contribution in [2.75, 3.05) is 13.2 Å². The Kier molecular flexibility index (Phi) is 5.94. The maximum Gasteiger partial charge on any atom is 0.353 e. The Morgan fingerprint density at radius 1 is 1.24 bits per heavy atom. The minimum atomic E-state index is -0.814. The second-order valence-electron chi connectivity index (χ2n) is 7.14. The van der Waals surface area contributed by atoms with Gasteiger partial charge in [-0.15, -0.1) is 0 Å². The van der Waals surface area contributed by atoms with Crippen LogP contribution in [0, 0.1) is 0 Å². The van der Waals surface area contributed by atoms with E-state index in [0.717, 1.165) is 24.4 Å². The van der Waals surface area contributed by atoms with Crippen molar-refractivity contribution in [3.8, 4) is 5.75 Å². The first-order chi connectivity index (χ1) is 14.1. The first-order valence-electron chi connectivity index (χ1n) is 9.78. The molecule has 3 heterocycles. The fraction of sp³-hybridized carbons (Fsp3) is 0.429. The van der Waals surface area contributed by atoms with E-state index in [4.69, 9.17) is 13.9 Å². The van der Waals surface area contributed by atoms with E-state index in [0.29, 0.717) is 24.1 Å². The average molecular weight is 400 g/mol. The number of hydrogen-bond donors (Lipinski definition) is 2. The van der Waals surface area contributed by atoms with Gasteiger partial charge in [0.15, 0.2) is 0 Å². The Labute approximate surface area is 167 Å². The van der Waals surface area contributed by atoms with Crippen LogP contribution in [-0.4, -0.2) is 45.2 Å². The predicted molar refractivity (Wildman–Crippen MR) is 105 cm³/mol. The Bertz CT molecular complexity index is 999. The molecule has 29 heavy (non-hydrogen) atoms. The quantitative estimate of drug-likeness (QED) is 0.557. The number of aromatic nitrogens is 2. The lowest BCUT2D eigenvalue weighted by atomic mass is 10.2. The first kappa shape index (κ1) is 19.6.